The van der Waals surface area contributed by atoms with Crippen molar-refractivity contribution in [1.82, 2.24) is 9.55 Å². The van der Waals surface area contributed by atoms with E-state index in [9.17, 15) is 9.90 Å². The summed E-state index contributed by atoms with van der Waals surface area (Å²) in [5.41, 5.74) is 5.65. The summed E-state index contributed by atoms with van der Waals surface area (Å²) in [6.45, 7) is 1.45. The minimum absolute atomic E-state index is 0.184. The van der Waals surface area contributed by atoms with Gasteiger partial charge in [0.15, 0.2) is 0 Å². The van der Waals surface area contributed by atoms with E-state index in [0.717, 1.165) is 0 Å². The molecule has 0 spiro atoms. The molecule has 0 aromatic carbocycles. The van der Waals surface area contributed by atoms with Gasteiger partial charge in [0, 0.05) is 18.2 Å². The van der Waals surface area contributed by atoms with Gasteiger partial charge in [-0.15, -0.1) is 0 Å². The first-order valence-electron chi connectivity index (χ1n) is 5.32. The Balaban J connectivity index is 2.30. The van der Waals surface area contributed by atoms with E-state index < -0.39 is 24.1 Å². The molecule has 7 nitrogen and oxygen atoms in total. The summed E-state index contributed by atoms with van der Waals surface area (Å²) in [5, 5.41) is 18.6. The average molecular weight is 241 g/mol. The van der Waals surface area contributed by atoms with Crippen LogP contribution in [0.1, 0.15) is 18.2 Å². The van der Waals surface area contributed by atoms with Gasteiger partial charge in [-0.1, -0.05) is 0 Å². The Morgan fingerprint density at radius 3 is 3.00 bits per heavy atom. The maximum absolute atomic E-state index is 11.6. The van der Waals surface area contributed by atoms with E-state index in [1.54, 1.807) is 13.1 Å². The molecule has 1 aliphatic heterocycles. The summed E-state index contributed by atoms with van der Waals surface area (Å²) < 4.78 is 6.65. The van der Waals surface area contributed by atoms with Gasteiger partial charge in [0.2, 0.25) is 0 Å². The fraction of sp³-hybridized carbons (Fsp3) is 0.600. The second kappa shape index (κ2) is 4.44. The highest BCUT2D eigenvalue weighted by Gasteiger charge is 2.35. The maximum atomic E-state index is 11.6. The van der Waals surface area contributed by atoms with Gasteiger partial charge < -0.3 is 20.7 Å². The summed E-state index contributed by atoms with van der Waals surface area (Å²) in [6.07, 6.45) is -0.265. The van der Waals surface area contributed by atoms with Crippen LogP contribution in [0.5, 0.6) is 0 Å². The maximum Gasteiger partial charge on any atom is 0.351 e. The predicted octanol–water partition coefficient (Wildman–Crippen LogP) is -1.23. The normalized spacial score (nSPS) is 28.5. The number of nitrogens with two attached hydrogens (primary N) is 1. The second-order valence-corrected chi connectivity index (χ2v) is 4.11. The highest BCUT2D eigenvalue weighted by molar-refractivity contribution is 5.35. The molecule has 0 unspecified atom stereocenters. The van der Waals surface area contributed by atoms with Crippen LogP contribution in [-0.2, 0) is 4.74 Å². The Labute approximate surface area is 97.5 Å². The topological polar surface area (TPSA) is 111 Å². The number of hydrogen-bond acceptors (Lipinski definition) is 6. The molecule has 7 heteroatoms. The summed E-state index contributed by atoms with van der Waals surface area (Å²) in [6, 6.07) is 0. The lowest BCUT2D eigenvalue weighted by molar-refractivity contribution is -0.0459. The molecule has 2 rings (SSSR count). The van der Waals surface area contributed by atoms with E-state index in [2.05, 4.69) is 4.98 Å². The van der Waals surface area contributed by atoms with Crippen LogP contribution in [0.4, 0.5) is 5.82 Å². The van der Waals surface area contributed by atoms with Crippen LogP contribution in [0.2, 0.25) is 0 Å². The zero-order valence-electron chi connectivity index (χ0n) is 9.41. The third-order valence-electron chi connectivity index (χ3n) is 2.87. The summed E-state index contributed by atoms with van der Waals surface area (Å²) in [7, 11) is 0. The molecular formula is C10H15N3O4. The van der Waals surface area contributed by atoms with Gasteiger partial charge in [0.1, 0.15) is 18.1 Å². The number of nitrogens with zero attached hydrogens (tertiary/aromatic N) is 2. The molecule has 1 fully saturated rings. The molecule has 1 saturated heterocycles. The predicted molar refractivity (Wildman–Crippen MR) is 59.3 cm³/mol. The Hall–Kier alpha value is -1.44. The van der Waals surface area contributed by atoms with E-state index in [-0.39, 0.29) is 18.8 Å². The quantitative estimate of drug-likeness (QED) is 0.598. The number of ether oxygens (including phenoxy) is 1. The van der Waals surface area contributed by atoms with E-state index in [1.165, 1.54) is 4.57 Å². The molecule has 0 bridgehead atoms. The largest absolute Gasteiger partial charge is 0.394 e. The third-order valence-corrected chi connectivity index (χ3v) is 2.87. The molecule has 1 aromatic rings. The molecule has 0 saturated carbocycles. The van der Waals surface area contributed by atoms with Gasteiger partial charge in [0.05, 0.1) is 12.7 Å². The Morgan fingerprint density at radius 1 is 1.71 bits per heavy atom. The van der Waals surface area contributed by atoms with Gasteiger partial charge >= 0.3 is 5.69 Å². The van der Waals surface area contributed by atoms with Crippen molar-refractivity contribution in [3.63, 3.8) is 0 Å². The van der Waals surface area contributed by atoms with Gasteiger partial charge in [0.25, 0.3) is 0 Å². The SMILES string of the molecule is Cc1cn([C@@H]2C[C@@H](O)[C@@H](CO)O2)c(=O)nc1N. The number of aliphatic hydroxyl groups is 2. The van der Waals surface area contributed by atoms with Gasteiger partial charge in [-0.05, 0) is 6.92 Å². The van der Waals surface area contributed by atoms with Crippen molar-refractivity contribution in [2.45, 2.75) is 31.8 Å². The molecule has 1 aromatic heterocycles. The van der Waals surface area contributed by atoms with Crippen molar-refractivity contribution in [2.24, 2.45) is 0 Å². The van der Waals surface area contributed by atoms with Crippen LogP contribution in [0.15, 0.2) is 11.0 Å². The van der Waals surface area contributed by atoms with E-state index >= 15 is 0 Å². The van der Waals surface area contributed by atoms with Crippen LogP contribution in [0.3, 0.4) is 0 Å². The first kappa shape index (κ1) is 12.0. The Bertz CT molecular complexity index is 473. The minimum atomic E-state index is -0.783. The van der Waals surface area contributed by atoms with Crippen molar-refractivity contribution >= 4 is 5.82 Å². The molecule has 17 heavy (non-hydrogen) atoms. The first-order chi connectivity index (χ1) is 8.02. The first-order valence-corrected chi connectivity index (χ1v) is 5.32. The number of nitrogen functional groups attached to an aromatic ring is 1. The number of anilines is 1. The molecule has 94 valence electrons. The highest BCUT2D eigenvalue weighted by Crippen LogP contribution is 2.27. The van der Waals surface area contributed by atoms with Crippen molar-refractivity contribution in [2.75, 3.05) is 12.3 Å². The smallest absolute Gasteiger partial charge is 0.351 e. The lowest BCUT2D eigenvalue weighted by atomic mass is 10.2. The van der Waals surface area contributed by atoms with E-state index in [4.69, 9.17) is 15.6 Å². The molecule has 1 aliphatic rings. The fourth-order valence-corrected chi connectivity index (χ4v) is 1.84. The second-order valence-electron chi connectivity index (χ2n) is 4.11. The molecule has 0 aliphatic carbocycles. The Kier molecular flexibility index (Phi) is 3.14. The third kappa shape index (κ3) is 2.17. The minimum Gasteiger partial charge on any atom is -0.394 e. The number of aryl methyl sites for hydroxylation is 1. The van der Waals surface area contributed by atoms with E-state index in [0.29, 0.717) is 5.56 Å². The van der Waals surface area contributed by atoms with Crippen molar-refractivity contribution < 1.29 is 14.9 Å². The summed E-state index contributed by atoms with van der Waals surface area (Å²) >= 11 is 0. The summed E-state index contributed by atoms with van der Waals surface area (Å²) in [4.78, 5) is 15.3. The van der Waals surface area contributed by atoms with Crippen LogP contribution in [0.25, 0.3) is 0 Å². The van der Waals surface area contributed by atoms with Gasteiger partial charge in [-0.3, -0.25) is 4.57 Å². The van der Waals surface area contributed by atoms with Crippen molar-refractivity contribution in [3.05, 3.63) is 22.2 Å². The van der Waals surface area contributed by atoms with Crippen molar-refractivity contribution in [3.8, 4) is 0 Å². The molecule has 0 amide bonds. The molecular weight excluding hydrogens is 226 g/mol. The lowest BCUT2D eigenvalue weighted by Gasteiger charge is -2.15. The molecule has 2 heterocycles. The van der Waals surface area contributed by atoms with Crippen LogP contribution in [0, 0.1) is 6.92 Å². The number of aliphatic hydroxyl groups excluding tert-OH is 2. The van der Waals surface area contributed by atoms with Gasteiger partial charge in [-0.2, -0.15) is 4.98 Å². The molecule has 3 atom stereocenters. The zero-order chi connectivity index (χ0) is 12.6. The molecule has 4 N–H and O–H groups in total. The zero-order valence-corrected chi connectivity index (χ0v) is 9.41. The highest BCUT2D eigenvalue weighted by atomic mass is 16.5. The van der Waals surface area contributed by atoms with Gasteiger partial charge in [-0.25, -0.2) is 4.79 Å². The lowest BCUT2D eigenvalue weighted by Crippen LogP contribution is -2.28. The van der Waals surface area contributed by atoms with Crippen LogP contribution >= 0.6 is 0 Å². The standard InChI is InChI=1S/C10H15N3O4/c1-5-3-13(10(16)12-9(5)11)8-2-6(15)7(4-14)17-8/h3,6-8,14-15H,2,4H2,1H3,(H2,11,12,16)/t6-,7-,8+/m1/s1. The van der Waals surface area contributed by atoms with E-state index in [1.807, 2.05) is 0 Å². The van der Waals surface area contributed by atoms with Crippen molar-refractivity contribution in [1.29, 1.82) is 0 Å². The number of rotatable bonds is 2. The van der Waals surface area contributed by atoms with Crippen LogP contribution < -0.4 is 11.4 Å². The fourth-order valence-electron chi connectivity index (χ4n) is 1.84. The number of hydrogen-bond donors (Lipinski definition) is 3. The Morgan fingerprint density at radius 2 is 2.41 bits per heavy atom. The molecule has 0 radical (unpaired) electrons. The average Bonchev–Trinajstić information content (AvgIpc) is 2.65. The number of aromatic nitrogens is 2. The summed E-state index contributed by atoms with van der Waals surface area (Å²) in [5.74, 6) is 0.184. The van der Waals surface area contributed by atoms with Crippen LogP contribution in [-0.4, -0.2) is 38.6 Å². The monoisotopic (exact) mass is 241 g/mol.